The third-order valence-corrected chi connectivity index (χ3v) is 4.23. The van der Waals surface area contributed by atoms with E-state index in [0.29, 0.717) is 22.7 Å². The molecule has 0 unspecified atom stereocenters. The number of nitrogens with one attached hydrogen (secondary N) is 1. The van der Waals surface area contributed by atoms with Crippen LogP contribution in [0.3, 0.4) is 0 Å². The van der Waals surface area contributed by atoms with Gasteiger partial charge in [0.25, 0.3) is 5.91 Å². The molecule has 0 fully saturated rings. The maximum Gasteiger partial charge on any atom is 0.341 e. The van der Waals surface area contributed by atoms with E-state index in [1.165, 1.54) is 11.3 Å². The maximum absolute atomic E-state index is 12.4. The van der Waals surface area contributed by atoms with Gasteiger partial charge in [0.15, 0.2) is 0 Å². The molecule has 0 aliphatic heterocycles. The van der Waals surface area contributed by atoms with Crippen molar-refractivity contribution >= 4 is 39.0 Å². The molecule has 23 heavy (non-hydrogen) atoms. The van der Waals surface area contributed by atoms with Crippen LogP contribution in [-0.2, 0) is 4.74 Å². The van der Waals surface area contributed by atoms with Gasteiger partial charge in [0.1, 0.15) is 5.00 Å². The van der Waals surface area contributed by atoms with Gasteiger partial charge >= 0.3 is 5.97 Å². The second-order valence-electron chi connectivity index (χ2n) is 4.90. The van der Waals surface area contributed by atoms with E-state index in [-0.39, 0.29) is 5.91 Å². The molecule has 0 saturated carbocycles. The summed E-state index contributed by atoms with van der Waals surface area (Å²) in [7, 11) is 0. The molecule has 1 aromatic heterocycles. The predicted molar refractivity (Wildman–Crippen MR) is 92.2 cm³/mol. The highest BCUT2D eigenvalue weighted by molar-refractivity contribution is 7.14. The van der Waals surface area contributed by atoms with Crippen molar-refractivity contribution in [2.24, 2.45) is 0 Å². The SMILES string of the molecule is CCOC(=O)c1ccsc1NC(=O)c1ccc2ccccc2c1. The molecule has 0 radical (unpaired) electrons. The Morgan fingerprint density at radius 1 is 1.09 bits per heavy atom. The Morgan fingerprint density at radius 2 is 1.87 bits per heavy atom. The summed E-state index contributed by atoms with van der Waals surface area (Å²) >= 11 is 1.30. The number of anilines is 1. The van der Waals surface area contributed by atoms with Crippen molar-refractivity contribution in [1.82, 2.24) is 0 Å². The van der Waals surface area contributed by atoms with Gasteiger partial charge in [0.05, 0.1) is 12.2 Å². The number of amides is 1. The number of hydrogen-bond acceptors (Lipinski definition) is 4. The van der Waals surface area contributed by atoms with Crippen molar-refractivity contribution < 1.29 is 14.3 Å². The molecule has 0 aliphatic rings. The summed E-state index contributed by atoms with van der Waals surface area (Å²) in [5.41, 5.74) is 0.929. The first-order chi connectivity index (χ1) is 11.2. The van der Waals surface area contributed by atoms with Crippen LogP contribution in [0.4, 0.5) is 5.00 Å². The van der Waals surface area contributed by atoms with Crippen LogP contribution in [0.5, 0.6) is 0 Å². The van der Waals surface area contributed by atoms with E-state index in [9.17, 15) is 9.59 Å². The smallest absolute Gasteiger partial charge is 0.341 e. The van der Waals surface area contributed by atoms with Crippen LogP contribution in [0.1, 0.15) is 27.6 Å². The Balaban J connectivity index is 1.84. The van der Waals surface area contributed by atoms with Crippen LogP contribution < -0.4 is 5.32 Å². The lowest BCUT2D eigenvalue weighted by Crippen LogP contribution is -2.14. The molecular weight excluding hydrogens is 310 g/mol. The second-order valence-corrected chi connectivity index (χ2v) is 5.82. The van der Waals surface area contributed by atoms with Crippen molar-refractivity contribution in [3.8, 4) is 0 Å². The van der Waals surface area contributed by atoms with Crippen LogP contribution in [0.2, 0.25) is 0 Å². The number of carbonyl (C=O) groups is 2. The third kappa shape index (κ3) is 3.24. The van der Waals surface area contributed by atoms with Gasteiger partial charge in [-0.3, -0.25) is 4.79 Å². The summed E-state index contributed by atoms with van der Waals surface area (Å²) in [6.45, 7) is 2.05. The third-order valence-electron chi connectivity index (χ3n) is 3.40. The topological polar surface area (TPSA) is 55.4 Å². The van der Waals surface area contributed by atoms with Gasteiger partial charge in [-0.2, -0.15) is 0 Å². The summed E-state index contributed by atoms with van der Waals surface area (Å²) in [4.78, 5) is 24.3. The van der Waals surface area contributed by atoms with Gasteiger partial charge < -0.3 is 10.1 Å². The first-order valence-corrected chi connectivity index (χ1v) is 8.12. The van der Waals surface area contributed by atoms with Gasteiger partial charge in [-0.15, -0.1) is 11.3 Å². The number of thiophene rings is 1. The average molecular weight is 325 g/mol. The molecule has 3 aromatic rings. The first-order valence-electron chi connectivity index (χ1n) is 7.24. The summed E-state index contributed by atoms with van der Waals surface area (Å²) in [6.07, 6.45) is 0. The Kier molecular flexibility index (Phi) is 4.39. The number of esters is 1. The monoisotopic (exact) mass is 325 g/mol. The fourth-order valence-corrected chi connectivity index (χ4v) is 3.05. The van der Waals surface area contributed by atoms with E-state index in [1.54, 1.807) is 24.4 Å². The van der Waals surface area contributed by atoms with E-state index in [4.69, 9.17) is 4.74 Å². The van der Waals surface area contributed by atoms with Gasteiger partial charge in [-0.05, 0) is 41.3 Å². The molecule has 2 aromatic carbocycles. The quantitative estimate of drug-likeness (QED) is 0.726. The second kappa shape index (κ2) is 6.62. The maximum atomic E-state index is 12.4. The van der Waals surface area contributed by atoms with Gasteiger partial charge in [-0.1, -0.05) is 30.3 Å². The summed E-state index contributed by atoms with van der Waals surface area (Å²) < 4.78 is 4.99. The summed E-state index contributed by atoms with van der Waals surface area (Å²) in [5, 5.41) is 7.12. The number of benzene rings is 2. The number of carbonyl (C=O) groups excluding carboxylic acids is 2. The lowest BCUT2D eigenvalue weighted by molar-refractivity contribution is 0.0528. The standard InChI is InChI=1S/C18H15NO3S/c1-2-22-18(21)15-9-10-23-17(15)19-16(20)14-8-7-12-5-3-4-6-13(12)11-14/h3-11H,2H2,1H3,(H,19,20). The summed E-state index contributed by atoms with van der Waals surface area (Å²) in [6, 6.07) is 15.0. The van der Waals surface area contributed by atoms with Gasteiger partial charge in [0.2, 0.25) is 0 Å². The number of rotatable bonds is 4. The Hall–Kier alpha value is -2.66. The number of fused-ring (bicyclic) bond motifs is 1. The minimum atomic E-state index is -0.428. The Bertz CT molecular complexity index is 869. The van der Waals surface area contributed by atoms with E-state index >= 15 is 0 Å². The minimum Gasteiger partial charge on any atom is -0.462 e. The largest absolute Gasteiger partial charge is 0.462 e. The first kappa shape index (κ1) is 15.2. The molecular formula is C18H15NO3S. The fourth-order valence-electron chi connectivity index (χ4n) is 2.28. The zero-order valence-electron chi connectivity index (χ0n) is 12.5. The normalized spacial score (nSPS) is 10.5. The van der Waals surface area contributed by atoms with E-state index in [0.717, 1.165) is 10.8 Å². The molecule has 0 spiro atoms. The van der Waals surface area contributed by atoms with E-state index < -0.39 is 5.97 Å². The molecule has 4 nitrogen and oxygen atoms in total. The summed E-state index contributed by atoms with van der Waals surface area (Å²) in [5.74, 6) is -0.675. The molecule has 116 valence electrons. The van der Waals surface area contributed by atoms with Gasteiger partial charge in [0, 0.05) is 5.56 Å². The van der Waals surface area contributed by atoms with Crippen molar-refractivity contribution in [2.45, 2.75) is 6.92 Å². The lowest BCUT2D eigenvalue weighted by Gasteiger charge is -2.07. The molecule has 1 amide bonds. The molecule has 0 bridgehead atoms. The van der Waals surface area contributed by atoms with Gasteiger partial charge in [-0.25, -0.2) is 4.79 Å². The Morgan fingerprint density at radius 3 is 2.65 bits per heavy atom. The van der Waals surface area contributed by atoms with Crippen LogP contribution in [0, 0.1) is 0 Å². The zero-order valence-corrected chi connectivity index (χ0v) is 13.4. The minimum absolute atomic E-state index is 0.247. The van der Waals surface area contributed by atoms with E-state index in [1.807, 2.05) is 36.4 Å². The highest BCUT2D eigenvalue weighted by Gasteiger charge is 2.16. The van der Waals surface area contributed by atoms with Crippen molar-refractivity contribution in [1.29, 1.82) is 0 Å². The Labute approximate surface area is 137 Å². The highest BCUT2D eigenvalue weighted by Crippen LogP contribution is 2.25. The molecule has 5 heteroatoms. The van der Waals surface area contributed by atoms with Crippen molar-refractivity contribution in [3.63, 3.8) is 0 Å². The highest BCUT2D eigenvalue weighted by atomic mass is 32.1. The number of hydrogen-bond donors (Lipinski definition) is 1. The molecule has 3 rings (SSSR count). The lowest BCUT2D eigenvalue weighted by atomic mass is 10.1. The fraction of sp³-hybridized carbons (Fsp3) is 0.111. The molecule has 1 N–H and O–H groups in total. The van der Waals surface area contributed by atoms with Crippen LogP contribution in [0.25, 0.3) is 10.8 Å². The van der Waals surface area contributed by atoms with E-state index in [2.05, 4.69) is 5.32 Å². The molecule has 0 saturated heterocycles. The predicted octanol–water partition coefficient (Wildman–Crippen LogP) is 4.33. The van der Waals surface area contributed by atoms with Crippen LogP contribution >= 0.6 is 11.3 Å². The molecule has 0 aliphatic carbocycles. The zero-order chi connectivity index (χ0) is 16.2. The van der Waals surface area contributed by atoms with Crippen LogP contribution in [0.15, 0.2) is 53.9 Å². The van der Waals surface area contributed by atoms with Crippen LogP contribution in [-0.4, -0.2) is 18.5 Å². The average Bonchev–Trinajstić information content (AvgIpc) is 3.03. The van der Waals surface area contributed by atoms with Crippen molar-refractivity contribution in [3.05, 3.63) is 65.0 Å². The van der Waals surface area contributed by atoms with Crippen molar-refractivity contribution in [2.75, 3.05) is 11.9 Å². The number of ether oxygens (including phenoxy) is 1. The molecule has 1 heterocycles. The molecule has 0 atom stereocenters.